The summed E-state index contributed by atoms with van der Waals surface area (Å²) in [5.74, 6) is 2.02. The Hall–Kier alpha value is -3.42. The molecule has 0 radical (unpaired) electrons. The number of ether oxygens (including phenoxy) is 2. The molecule has 0 saturated heterocycles. The normalized spacial score (nSPS) is 16.0. The average molecular weight is 366 g/mol. The molecule has 0 bridgehead atoms. The summed E-state index contributed by atoms with van der Waals surface area (Å²) in [6.45, 7) is 2.17. The van der Waals surface area contributed by atoms with Crippen molar-refractivity contribution in [1.82, 2.24) is 15.1 Å². The zero-order valence-corrected chi connectivity index (χ0v) is 15.0. The third-order valence-corrected chi connectivity index (χ3v) is 4.29. The SMILES string of the molecule is COc1ccc(-c2noc(CCN3C(=O)C(C)Oc4ccccc43)n2)cn1. The van der Waals surface area contributed by atoms with Crippen molar-refractivity contribution in [2.24, 2.45) is 0 Å². The summed E-state index contributed by atoms with van der Waals surface area (Å²) in [6.07, 6.45) is 1.53. The number of anilines is 1. The van der Waals surface area contributed by atoms with Crippen molar-refractivity contribution in [3.8, 4) is 23.0 Å². The largest absolute Gasteiger partial charge is 0.481 e. The molecule has 0 fully saturated rings. The van der Waals surface area contributed by atoms with E-state index in [0.717, 1.165) is 11.3 Å². The van der Waals surface area contributed by atoms with Crippen LogP contribution in [0.2, 0.25) is 0 Å². The van der Waals surface area contributed by atoms with Gasteiger partial charge < -0.3 is 18.9 Å². The zero-order chi connectivity index (χ0) is 18.8. The van der Waals surface area contributed by atoms with Crippen LogP contribution in [0.1, 0.15) is 12.8 Å². The van der Waals surface area contributed by atoms with E-state index in [1.807, 2.05) is 30.3 Å². The van der Waals surface area contributed by atoms with Crippen molar-refractivity contribution in [2.75, 3.05) is 18.6 Å². The van der Waals surface area contributed by atoms with E-state index < -0.39 is 6.10 Å². The van der Waals surface area contributed by atoms with Crippen molar-refractivity contribution < 1.29 is 18.8 Å². The topological polar surface area (TPSA) is 90.6 Å². The highest BCUT2D eigenvalue weighted by molar-refractivity contribution is 5.99. The predicted octanol–water partition coefficient (Wildman–Crippen LogP) is 2.50. The predicted molar refractivity (Wildman–Crippen MR) is 96.7 cm³/mol. The first-order valence-corrected chi connectivity index (χ1v) is 8.56. The molecule has 0 N–H and O–H groups in total. The van der Waals surface area contributed by atoms with Crippen molar-refractivity contribution in [3.63, 3.8) is 0 Å². The molecule has 0 aliphatic carbocycles. The minimum absolute atomic E-state index is 0.0900. The lowest BCUT2D eigenvalue weighted by Crippen LogP contribution is -2.45. The van der Waals surface area contributed by atoms with E-state index in [1.165, 1.54) is 0 Å². The van der Waals surface area contributed by atoms with Gasteiger partial charge in [-0.05, 0) is 25.1 Å². The number of fused-ring (bicyclic) bond motifs is 1. The molecule has 0 spiro atoms. The van der Waals surface area contributed by atoms with Crippen LogP contribution in [0.5, 0.6) is 11.6 Å². The van der Waals surface area contributed by atoms with Crippen molar-refractivity contribution >= 4 is 11.6 Å². The minimum atomic E-state index is -0.525. The van der Waals surface area contributed by atoms with Gasteiger partial charge in [0, 0.05) is 30.8 Å². The summed E-state index contributed by atoms with van der Waals surface area (Å²) < 4.78 is 16.0. The van der Waals surface area contributed by atoms with Crippen molar-refractivity contribution in [1.29, 1.82) is 0 Å². The van der Waals surface area contributed by atoms with Crippen molar-refractivity contribution in [3.05, 3.63) is 48.5 Å². The second-order valence-corrected chi connectivity index (χ2v) is 6.07. The molecule has 4 rings (SSSR count). The van der Waals surface area contributed by atoms with Gasteiger partial charge in [-0.2, -0.15) is 4.98 Å². The van der Waals surface area contributed by atoms with Gasteiger partial charge in [-0.25, -0.2) is 4.98 Å². The summed E-state index contributed by atoms with van der Waals surface area (Å²) >= 11 is 0. The number of hydrogen-bond acceptors (Lipinski definition) is 7. The van der Waals surface area contributed by atoms with Gasteiger partial charge in [0.1, 0.15) is 5.75 Å². The van der Waals surface area contributed by atoms with Crippen LogP contribution in [0.4, 0.5) is 5.69 Å². The summed E-state index contributed by atoms with van der Waals surface area (Å²) in [4.78, 5) is 22.7. The number of methoxy groups -OCH3 is 1. The molecule has 8 heteroatoms. The molecule has 1 aromatic carbocycles. The van der Waals surface area contributed by atoms with E-state index in [0.29, 0.717) is 36.3 Å². The highest BCUT2D eigenvalue weighted by atomic mass is 16.5. The quantitative estimate of drug-likeness (QED) is 0.685. The fourth-order valence-corrected chi connectivity index (χ4v) is 2.90. The molecule has 8 nitrogen and oxygen atoms in total. The number of benzene rings is 1. The standard InChI is InChI=1S/C19H18N4O4/c1-12-19(24)23(14-5-3-4-6-15(14)26-12)10-9-17-21-18(22-27-17)13-7-8-16(25-2)20-11-13/h3-8,11-12H,9-10H2,1-2H3. The van der Waals surface area contributed by atoms with Crippen LogP contribution in [0.3, 0.4) is 0 Å². The highest BCUT2D eigenvalue weighted by Crippen LogP contribution is 2.33. The molecule has 27 heavy (non-hydrogen) atoms. The lowest BCUT2D eigenvalue weighted by atomic mass is 10.2. The first-order chi connectivity index (χ1) is 13.2. The Morgan fingerprint density at radius 1 is 1.22 bits per heavy atom. The second-order valence-electron chi connectivity index (χ2n) is 6.07. The maximum Gasteiger partial charge on any atom is 0.267 e. The zero-order valence-electron chi connectivity index (χ0n) is 15.0. The first-order valence-electron chi connectivity index (χ1n) is 8.56. The van der Waals surface area contributed by atoms with Gasteiger partial charge >= 0.3 is 0 Å². The summed E-state index contributed by atoms with van der Waals surface area (Å²) in [7, 11) is 1.56. The van der Waals surface area contributed by atoms with E-state index in [1.54, 1.807) is 31.2 Å². The van der Waals surface area contributed by atoms with Crippen LogP contribution < -0.4 is 14.4 Å². The van der Waals surface area contributed by atoms with E-state index in [4.69, 9.17) is 14.0 Å². The summed E-state index contributed by atoms with van der Waals surface area (Å²) in [5, 5.41) is 3.99. The van der Waals surface area contributed by atoms with Gasteiger partial charge in [-0.1, -0.05) is 17.3 Å². The van der Waals surface area contributed by atoms with Gasteiger partial charge in [0.05, 0.1) is 12.8 Å². The number of pyridine rings is 1. The number of rotatable bonds is 5. The van der Waals surface area contributed by atoms with E-state index in [2.05, 4.69) is 15.1 Å². The van der Waals surface area contributed by atoms with Crippen LogP contribution in [0.25, 0.3) is 11.4 Å². The number of carbonyl (C=O) groups excluding carboxylic acids is 1. The smallest absolute Gasteiger partial charge is 0.267 e. The number of amides is 1. The average Bonchev–Trinajstić information content (AvgIpc) is 3.17. The van der Waals surface area contributed by atoms with Crippen LogP contribution in [-0.2, 0) is 11.2 Å². The fraction of sp³-hybridized carbons (Fsp3) is 0.263. The van der Waals surface area contributed by atoms with Crippen LogP contribution in [0.15, 0.2) is 47.1 Å². The molecule has 1 atom stereocenters. The molecule has 138 valence electrons. The Morgan fingerprint density at radius 2 is 2.07 bits per heavy atom. The van der Waals surface area contributed by atoms with E-state index >= 15 is 0 Å². The van der Waals surface area contributed by atoms with Gasteiger partial charge in [-0.15, -0.1) is 0 Å². The molecule has 1 amide bonds. The van der Waals surface area contributed by atoms with Crippen molar-refractivity contribution in [2.45, 2.75) is 19.4 Å². The lowest BCUT2D eigenvalue weighted by Gasteiger charge is -2.32. The monoisotopic (exact) mass is 366 g/mol. The summed E-state index contributed by atoms with van der Waals surface area (Å²) in [6, 6.07) is 11.0. The molecule has 1 unspecified atom stereocenters. The third kappa shape index (κ3) is 3.33. The Labute approximate surface area is 155 Å². The Bertz CT molecular complexity index is 954. The van der Waals surface area contributed by atoms with Crippen LogP contribution >= 0.6 is 0 Å². The molecular weight excluding hydrogens is 348 g/mol. The van der Waals surface area contributed by atoms with E-state index in [-0.39, 0.29) is 5.91 Å². The summed E-state index contributed by atoms with van der Waals surface area (Å²) in [5.41, 5.74) is 1.48. The highest BCUT2D eigenvalue weighted by Gasteiger charge is 2.31. The van der Waals surface area contributed by atoms with Crippen LogP contribution in [0, 0.1) is 0 Å². The Balaban J connectivity index is 1.49. The maximum atomic E-state index is 12.5. The number of nitrogens with zero attached hydrogens (tertiary/aromatic N) is 4. The molecule has 1 aliphatic rings. The number of aromatic nitrogens is 3. The van der Waals surface area contributed by atoms with E-state index in [9.17, 15) is 4.79 Å². The molecule has 3 heterocycles. The van der Waals surface area contributed by atoms with Gasteiger partial charge in [0.15, 0.2) is 6.10 Å². The Morgan fingerprint density at radius 3 is 2.85 bits per heavy atom. The number of hydrogen-bond donors (Lipinski definition) is 0. The Kier molecular flexibility index (Phi) is 4.45. The molecule has 0 saturated carbocycles. The van der Waals surface area contributed by atoms with Gasteiger partial charge in [0.25, 0.3) is 5.91 Å². The molecule has 1 aliphatic heterocycles. The molecule has 3 aromatic rings. The van der Waals surface area contributed by atoms with Gasteiger partial charge in [-0.3, -0.25) is 4.79 Å². The third-order valence-electron chi connectivity index (χ3n) is 4.29. The second kappa shape index (κ2) is 7.06. The lowest BCUT2D eigenvalue weighted by molar-refractivity contribution is -0.125. The first kappa shape index (κ1) is 17.0. The van der Waals surface area contributed by atoms with Crippen LogP contribution in [-0.4, -0.2) is 40.8 Å². The number of carbonyl (C=O) groups is 1. The van der Waals surface area contributed by atoms with Gasteiger partial charge in [0.2, 0.25) is 17.6 Å². The fourth-order valence-electron chi connectivity index (χ4n) is 2.90. The maximum absolute atomic E-state index is 12.5. The molecular formula is C19H18N4O4. The number of para-hydroxylation sites is 2. The minimum Gasteiger partial charge on any atom is -0.481 e. The molecule has 2 aromatic heterocycles.